The minimum Gasteiger partial charge on any atom is -0.341 e. The van der Waals surface area contributed by atoms with Crippen LogP contribution in [0.25, 0.3) is 0 Å². The average Bonchev–Trinajstić information content (AvgIpc) is 2.63. The molecular formula is C12H18BrNOS. The van der Waals surface area contributed by atoms with Gasteiger partial charge in [0.2, 0.25) is 5.91 Å². The van der Waals surface area contributed by atoms with E-state index in [-0.39, 0.29) is 11.8 Å². The van der Waals surface area contributed by atoms with Crippen molar-refractivity contribution in [3.8, 4) is 0 Å². The third kappa shape index (κ3) is 3.91. The van der Waals surface area contributed by atoms with Crippen LogP contribution in [0.4, 0.5) is 0 Å². The molecule has 0 aliphatic heterocycles. The molecule has 0 fully saturated rings. The number of halogens is 1. The van der Waals surface area contributed by atoms with Gasteiger partial charge in [0.05, 0.1) is 3.79 Å². The van der Waals surface area contributed by atoms with Crippen molar-refractivity contribution >= 4 is 33.2 Å². The summed E-state index contributed by atoms with van der Waals surface area (Å²) in [5.41, 5.74) is 1.19. The minimum atomic E-state index is 0.136. The maximum absolute atomic E-state index is 12.0. The van der Waals surface area contributed by atoms with Crippen molar-refractivity contribution in [3.05, 3.63) is 20.8 Å². The maximum Gasteiger partial charge on any atom is 0.225 e. The van der Waals surface area contributed by atoms with E-state index in [2.05, 4.69) is 34.3 Å². The van der Waals surface area contributed by atoms with Crippen LogP contribution in [0.2, 0.25) is 0 Å². The molecule has 1 heterocycles. The first kappa shape index (κ1) is 13.7. The Labute approximate surface area is 110 Å². The fourth-order valence-electron chi connectivity index (χ4n) is 1.71. The van der Waals surface area contributed by atoms with Crippen molar-refractivity contribution in [3.63, 3.8) is 0 Å². The number of amides is 1. The van der Waals surface area contributed by atoms with Gasteiger partial charge >= 0.3 is 0 Å². The van der Waals surface area contributed by atoms with Crippen molar-refractivity contribution < 1.29 is 4.79 Å². The van der Waals surface area contributed by atoms with Crippen molar-refractivity contribution in [1.82, 2.24) is 4.90 Å². The number of rotatable bonds is 5. The molecule has 0 radical (unpaired) electrons. The molecule has 0 saturated heterocycles. The van der Waals surface area contributed by atoms with Gasteiger partial charge in [-0.15, -0.1) is 11.3 Å². The van der Waals surface area contributed by atoms with Gasteiger partial charge in [-0.05, 0) is 39.4 Å². The van der Waals surface area contributed by atoms with Crippen LogP contribution < -0.4 is 0 Å². The van der Waals surface area contributed by atoms with E-state index in [0.29, 0.717) is 6.54 Å². The van der Waals surface area contributed by atoms with Crippen LogP contribution in [0.1, 0.15) is 32.3 Å². The fraction of sp³-hybridized carbons (Fsp3) is 0.583. The van der Waals surface area contributed by atoms with Crippen molar-refractivity contribution in [1.29, 1.82) is 0 Å². The number of hydrogen-bond donors (Lipinski definition) is 0. The maximum atomic E-state index is 12.0. The molecule has 4 heteroatoms. The Bertz CT molecular complexity index is 351. The Hall–Kier alpha value is -0.350. The molecule has 0 N–H and O–H groups in total. The molecule has 0 aliphatic rings. The lowest BCUT2D eigenvalue weighted by molar-refractivity contribution is -0.134. The molecule has 1 atom stereocenters. The van der Waals surface area contributed by atoms with Crippen LogP contribution in [0, 0.1) is 5.92 Å². The van der Waals surface area contributed by atoms with E-state index in [0.717, 1.165) is 16.6 Å². The van der Waals surface area contributed by atoms with Gasteiger partial charge in [-0.25, -0.2) is 0 Å². The van der Waals surface area contributed by atoms with Gasteiger partial charge in [0, 0.05) is 19.5 Å². The Morgan fingerprint density at radius 2 is 2.31 bits per heavy atom. The molecule has 1 rings (SSSR count). The van der Waals surface area contributed by atoms with E-state index in [9.17, 15) is 4.79 Å². The van der Waals surface area contributed by atoms with Gasteiger partial charge in [-0.3, -0.25) is 4.79 Å². The highest BCUT2D eigenvalue weighted by Crippen LogP contribution is 2.22. The molecule has 1 amide bonds. The Morgan fingerprint density at radius 3 is 2.81 bits per heavy atom. The summed E-state index contributed by atoms with van der Waals surface area (Å²) >= 11 is 5.08. The largest absolute Gasteiger partial charge is 0.341 e. The molecule has 0 aliphatic carbocycles. The molecule has 1 aromatic heterocycles. The lowest BCUT2D eigenvalue weighted by Gasteiger charge is -2.20. The SMILES string of the molecule is CCCC(C)C(=O)N(C)Cc1csc(Br)c1. The van der Waals surface area contributed by atoms with Gasteiger partial charge in [0.1, 0.15) is 0 Å². The predicted octanol–water partition coefficient (Wildman–Crippen LogP) is 3.91. The van der Waals surface area contributed by atoms with E-state index in [1.165, 1.54) is 5.56 Å². The number of carbonyl (C=O) groups excluding carboxylic acids is 1. The second-order valence-electron chi connectivity index (χ2n) is 4.14. The van der Waals surface area contributed by atoms with Crippen molar-refractivity contribution in [2.75, 3.05) is 7.05 Å². The van der Waals surface area contributed by atoms with E-state index >= 15 is 0 Å². The van der Waals surface area contributed by atoms with E-state index < -0.39 is 0 Å². The van der Waals surface area contributed by atoms with Crippen LogP contribution in [0.15, 0.2) is 15.2 Å². The topological polar surface area (TPSA) is 20.3 Å². The number of carbonyl (C=O) groups is 1. The van der Waals surface area contributed by atoms with Crippen LogP contribution in [0.3, 0.4) is 0 Å². The molecule has 0 saturated carbocycles. The van der Waals surface area contributed by atoms with Crippen LogP contribution in [0.5, 0.6) is 0 Å². The van der Waals surface area contributed by atoms with E-state index in [1.807, 2.05) is 18.9 Å². The zero-order chi connectivity index (χ0) is 12.1. The Morgan fingerprint density at radius 1 is 1.62 bits per heavy atom. The Balaban J connectivity index is 2.51. The molecule has 0 aromatic carbocycles. The standard InChI is InChI=1S/C12H18BrNOS/c1-4-5-9(2)12(15)14(3)7-10-6-11(13)16-8-10/h6,8-9H,4-5,7H2,1-3H3. The molecule has 1 aromatic rings. The third-order valence-corrected chi connectivity index (χ3v) is 4.11. The zero-order valence-electron chi connectivity index (χ0n) is 10.00. The number of nitrogens with zero attached hydrogens (tertiary/aromatic N) is 1. The summed E-state index contributed by atoms with van der Waals surface area (Å²) < 4.78 is 1.12. The third-order valence-electron chi connectivity index (χ3n) is 2.56. The van der Waals surface area contributed by atoms with Crippen LogP contribution in [-0.4, -0.2) is 17.9 Å². The molecule has 0 spiro atoms. The minimum absolute atomic E-state index is 0.136. The lowest BCUT2D eigenvalue weighted by atomic mass is 10.0. The monoisotopic (exact) mass is 303 g/mol. The number of hydrogen-bond acceptors (Lipinski definition) is 2. The molecular weight excluding hydrogens is 286 g/mol. The van der Waals surface area contributed by atoms with Crippen molar-refractivity contribution in [2.24, 2.45) is 5.92 Å². The summed E-state index contributed by atoms with van der Waals surface area (Å²) in [4.78, 5) is 13.8. The van der Waals surface area contributed by atoms with Crippen LogP contribution >= 0.6 is 27.3 Å². The van der Waals surface area contributed by atoms with E-state index in [4.69, 9.17) is 0 Å². The molecule has 90 valence electrons. The van der Waals surface area contributed by atoms with Gasteiger partial charge in [0.15, 0.2) is 0 Å². The fourth-order valence-corrected chi connectivity index (χ4v) is 2.91. The van der Waals surface area contributed by atoms with Gasteiger partial charge < -0.3 is 4.90 Å². The molecule has 1 unspecified atom stereocenters. The highest BCUT2D eigenvalue weighted by atomic mass is 79.9. The highest BCUT2D eigenvalue weighted by Gasteiger charge is 2.16. The highest BCUT2D eigenvalue weighted by molar-refractivity contribution is 9.11. The molecule has 0 bridgehead atoms. The second kappa shape index (κ2) is 6.40. The van der Waals surface area contributed by atoms with Gasteiger partial charge in [0.25, 0.3) is 0 Å². The number of thiophene rings is 1. The smallest absolute Gasteiger partial charge is 0.225 e. The first-order chi connectivity index (χ1) is 7.54. The van der Waals surface area contributed by atoms with Gasteiger partial charge in [-0.1, -0.05) is 20.3 Å². The van der Waals surface area contributed by atoms with Gasteiger partial charge in [-0.2, -0.15) is 0 Å². The quantitative estimate of drug-likeness (QED) is 0.808. The second-order valence-corrected chi connectivity index (χ2v) is 6.43. The first-order valence-electron chi connectivity index (χ1n) is 5.52. The summed E-state index contributed by atoms with van der Waals surface area (Å²) in [7, 11) is 1.88. The normalized spacial score (nSPS) is 12.5. The van der Waals surface area contributed by atoms with E-state index in [1.54, 1.807) is 11.3 Å². The Kier molecular flexibility index (Phi) is 5.49. The summed E-state index contributed by atoms with van der Waals surface area (Å²) in [6.45, 7) is 4.82. The molecule has 16 heavy (non-hydrogen) atoms. The summed E-state index contributed by atoms with van der Waals surface area (Å²) in [6.07, 6.45) is 2.03. The summed E-state index contributed by atoms with van der Waals surface area (Å²) in [6, 6.07) is 2.07. The van der Waals surface area contributed by atoms with Crippen molar-refractivity contribution in [2.45, 2.75) is 33.2 Å². The predicted molar refractivity (Wildman–Crippen MR) is 72.6 cm³/mol. The summed E-state index contributed by atoms with van der Waals surface area (Å²) in [5.74, 6) is 0.376. The molecule has 2 nitrogen and oxygen atoms in total. The van der Waals surface area contributed by atoms with Crippen LogP contribution in [-0.2, 0) is 11.3 Å². The lowest BCUT2D eigenvalue weighted by Crippen LogP contribution is -2.31. The first-order valence-corrected chi connectivity index (χ1v) is 7.19. The summed E-state index contributed by atoms with van der Waals surface area (Å²) in [5, 5.41) is 2.08. The zero-order valence-corrected chi connectivity index (χ0v) is 12.4. The average molecular weight is 304 g/mol.